The summed E-state index contributed by atoms with van der Waals surface area (Å²) in [4.78, 5) is 15.2. The van der Waals surface area contributed by atoms with Crippen LogP contribution < -0.4 is 10.1 Å². The normalized spacial score (nSPS) is 11.2. The molecular formula is C15H9BrF3N5O. The molecule has 3 rings (SSSR count). The van der Waals surface area contributed by atoms with Gasteiger partial charge in [-0.25, -0.2) is 19.9 Å². The smallest absolute Gasteiger partial charge is 0.424 e. The van der Waals surface area contributed by atoms with E-state index in [1.807, 2.05) is 0 Å². The van der Waals surface area contributed by atoms with E-state index in [0.717, 1.165) is 12.3 Å². The zero-order valence-corrected chi connectivity index (χ0v) is 13.9. The number of benzene rings is 1. The molecule has 10 heteroatoms. The van der Waals surface area contributed by atoms with Crippen LogP contribution in [-0.2, 0) is 6.18 Å². The molecule has 0 aliphatic heterocycles. The Bertz CT molecular complexity index is 874. The van der Waals surface area contributed by atoms with Gasteiger partial charge in [0.05, 0.1) is 4.47 Å². The zero-order valence-electron chi connectivity index (χ0n) is 12.3. The molecule has 128 valence electrons. The number of ether oxygens (including phenoxy) is 1. The molecule has 0 spiro atoms. The minimum absolute atomic E-state index is 0.135. The molecule has 0 fully saturated rings. The quantitative estimate of drug-likeness (QED) is 0.676. The van der Waals surface area contributed by atoms with Crippen LogP contribution in [-0.4, -0.2) is 19.9 Å². The number of rotatable bonds is 4. The summed E-state index contributed by atoms with van der Waals surface area (Å²) in [6.45, 7) is 0. The Balaban J connectivity index is 1.77. The van der Waals surface area contributed by atoms with Gasteiger partial charge in [0.1, 0.15) is 11.4 Å². The predicted octanol–water partition coefficient (Wildman–Crippen LogP) is 4.58. The average molecular weight is 412 g/mol. The third-order valence-electron chi connectivity index (χ3n) is 2.84. The molecule has 1 aromatic carbocycles. The number of nitrogens with one attached hydrogen (secondary N) is 1. The Kier molecular flexibility index (Phi) is 4.79. The summed E-state index contributed by atoms with van der Waals surface area (Å²) in [6, 6.07) is 7.45. The Morgan fingerprint density at radius 1 is 1.04 bits per heavy atom. The van der Waals surface area contributed by atoms with Gasteiger partial charge >= 0.3 is 12.2 Å². The van der Waals surface area contributed by atoms with Crippen molar-refractivity contribution < 1.29 is 17.9 Å². The topological polar surface area (TPSA) is 72.8 Å². The fraction of sp³-hybridized carbons (Fsp3) is 0.0667. The SMILES string of the molecule is FC(F)(F)c1ccnc(Nc2cccc(Oc3ncc(Br)cn3)c2)n1. The molecule has 0 atom stereocenters. The van der Waals surface area contributed by atoms with Crippen LogP contribution in [0.25, 0.3) is 0 Å². The maximum absolute atomic E-state index is 12.7. The lowest BCUT2D eigenvalue weighted by atomic mass is 10.3. The number of hydrogen-bond donors (Lipinski definition) is 1. The average Bonchev–Trinajstić information content (AvgIpc) is 2.57. The first-order valence-electron chi connectivity index (χ1n) is 6.83. The van der Waals surface area contributed by atoms with Gasteiger partial charge in [-0.1, -0.05) is 6.07 Å². The fourth-order valence-corrected chi connectivity index (χ4v) is 2.01. The number of hydrogen-bond acceptors (Lipinski definition) is 6. The molecule has 0 unspecified atom stereocenters. The zero-order chi connectivity index (χ0) is 17.9. The summed E-state index contributed by atoms with van der Waals surface area (Å²) in [5.74, 6) is 0.228. The van der Waals surface area contributed by atoms with Crippen molar-refractivity contribution in [1.82, 2.24) is 19.9 Å². The summed E-state index contributed by atoms with van der Waals surface area (Å²) in [6.07, 6.45) is -0.445. The standard InChI is InChI=1S/C15H9BrF3N5O/c16-9-7-21-14(22-8-9)25-11-3-1-2-10(6-11)23-13-20-5-4-12(24-13)15(17,18)19/h1-8H,(H,20,23,24). The van der Waals surface area contributed by atoms with E-state index < -0.39 is 11.9 Å². The van der Waals surface area contributed by atoms with Gasteiger partial charge in [0.25, 0.3) is 0 Å². The molecule has 2 aromatic heterocycles. The van der Waals surface area contributed by atoms with Gasteiger partial charge in [-0.15, -0.1) is 0 Å². The Hall–Kier alpha value is -2.75. The van der Waals surface area contributed by atoms with E-state index >= 15 is 0 Å². The second-order valence-corrected chi connectivity index (χ2v) is 5.62. The molecular weight excluding hydrogens is 403 g/mol. The summed E-state index contributed by atoms with van der Waals surface area (Å²) in [5.41, 5.74) is -0.574. The van der Waals surface area contributed by atoms with E-state index in [1.54, 1.807) is 24.3 Å². The van der Waals surface area contributed by atoms with Crippen molar-refractivity contribution in [1.29, 1.82) is 0 Å². The van der Waals surface area contributed by atoms with Crippen LogP contribution in [0.4, 0.5) is 24.8 Å². The summed E-state index contributed by atoms with van der Waals surface area (Å²) in [7, 11) is 0. The first-order valence-corrected chi connectivity index (χ1v) is 7.62. The number of anilines is 2. The van der Waals surface area contributed by atoms with Crippen LogP contribution in [0.1, 0.15) is 5.69 Å². The lowest BCUT2D eigenvalue weighted by molar-refractivity contribution is -0.141. The van der Waals surface area contributed by atoms with E-state index in [0.29, 0.717) is 15.9 Å². The second kappa shape index (κ2) is 7.01. The van der Waals surface area contributed by atoms with Gasteiger partial charge in [-0.3, -0.25) is 0 Å². The first kappa shape index (κ1) is 17.1. The van der Waals surface area contributed by atoms with Crippen molar-refractivity contribution in [3.8, 4) is 11.8 Å². The summed E-state index contributed by atoms with van der Waals surface area (Å²) in [5, 5.41) is 2.70. The summed E-state index contributed by atoms with van der Waals surface area (Å²) >= 11 is 3.21. The maximum atomic E-state index is 12.7. The monoisotopic (exact) mass is 411 g/mol. The van der Waals surface area contributed by atoms with Crippen LogP contribution in [0.3, 0.4) is 0 Å². The molecule has 0 saturated carbocycles. The molecule has 1 N–H and O–H groups in total. The van der Waals surface area contributed by atoms with E-state index in [2.05, 4.69) is 41.2 Å². The van der Waals surface area contributed by atoms with Crippen molar-refractivity contribution in [2.24, 2.45) is 0 Å². The Morgan fingerprint density at radius 3 is 2.52 bits per heavy atom. The maximum Gasteiger partial charge on any atom is 0.433 e. The van der Waals surface area contributed by atoms with Crippen LogP contribution in [0.2, 0.25) is 0 Å². The minimum atomic E-state index is -4.54. The highest BCUT2D eigenvalue weighted by atomic mass is 79.9. The number of alkyl halides is 3. The second-order valence-electron chi connectivity index (χ2n) is 4.70. The summed E-state index contributed by atoms with van der Waals surface area (Å²) < 4.78 is 44.2. The molecule has 6 nitrogen and oxygen atoms in total. The van der Waals surface area contributed by atoms with Crippen LogP contribution in [0, 0.1) is 0 Å². The fourth-order valence-electron chi connectivity index (χ4n) is 1.80. The van der Waals surface area contributed by atoms with Gasteiger partial charge in [0.15, 0.2) is 0 Å². The highest BCUT2D eigenvalue weighted by Crippen LogP contribution is 2.28. The van der Waals surface area contributed by atoms with Gasteiger partial charge in [-0.2, -0.15) is 13.2 Å². The molecule has 0 aliphatic rings. The van der Waals surface area contributed by atoms with Crippen LogP contribution in [0.5, 0.6) is 11.8 Å². The van der Waals surface area contributed by atoms with Gasteiger partial charge in [-0.05, 0) is 34.1 Å². The Morgan fingerprint density at radius 2 is 1.80 bits per heavy atom. The van der Waals surface area contributed by atoms with Crippen molar-refractivity contribution in [3.63, 3.8) is 0 Å². The lowest BCUT2D eigenvalue weighted by Crippen LogP contribution is -2.10. The van der Waals surface area contributed by atoms with E-state index in [-0.39, 0.29) is 12.0 Å². The third-order valence-corrected chi connectivity index (χ3v) is 3.25. The van der Waals surface area contributed by atoms with E-state index in [9.17, 15) is 13.2 Å². The lowest BCUT2D eigenvalue weighted by Gasteiger charge is -2.09. The Labute approximate surface area is 148 Å². The van der Waals surface area contributed by atoms with Crippen molar-refractivity contribution in [2.45, 2.75) is 6.18 Å². The molecule has 2 heterocycles. The molecule has 0 amide bonds. The van der Waals surface area contributed by atoms with Gasteiger partial charge in [0, 0.05) is 30.3 Å². The van der Waals surface area contributed by atoms with E-state index in [1.165, 1.54) is 12.4 Å². The predicted molar refractivity (Wildman–Crippen MR) is 86.6 cm³/mol. The van der Waals surface area contributed by atoms with Gasteiger partial charge < -0.3 is 10.1 Å². The molecule has 0 aliphatic carbocycles. The van der Waals surface area contributed by atoms with Crippen LogP contribution in [0.15, 0.2) is 53.4 Å². The van der Waals surface area contributed by atoms with Crippen molar-refractivity contribution >= 4 is 27.6 Å². The van der Waals surface area contributed by atoms with Gasteiger partial charge in [0.2, 0.25) is 5.95 Å². The molecule has 0 radical (unpaired) electrons. The highest BCUT2D eigenvalue weighted by Gasteiger charge is 2.32. The molecule has 0 saturated heterocycles. The molecule has 0 bridgehead atoms. The molecule has 3 aromatic rings. The number of nitrogens with zero attached hydrogens (tertiary/aromatic N) is 4. The number of halogens is 4. The van der Waals surface area contributed by atoms with Crippen molar-refractivity contribution in [3.05, 3.63) is 59.1 Å². The third kappa shape index (κ3) is 4.63. The largest absolute Gasteiger partial charge is 0.433 e. The number of aromatic nitrogens is 4. The molecule has 25 heavy (non-hydrogen) atoms. The van der Waals surface area contributed by atoms with Crippen molar-refractivity contribution in [2.75, 3.05) is 5.32 Å². The van der Waals surface area contributed by atoms with Crippen LogP contribution >= 0.6 is 15.9 Å². The highest BCUT2D eigenvalue weighted by molar-refractivity contribution is 9.10. The minimum Gasteiger partial charge on any atom is -0.424 e. The van der Waals surface area contributed by atoms with E-state index in [4.69, 9.17) is 4.74 Å². The first-order chi connectivity index (χ1) is 11.9.